The average molecular weight is 394 g/mol. The summed E-state index contributed by atoms with van der Waals surface area (Å²) in [6.07, 6.45) is 2.61. The van der Waals surface area contributed by atoms with Crippen molar-refractivity contribution in [1.82, 2.24) is 9.97 Å². The van der Waals surface area contributed by atoms with Gasteiger partial charge in [0.1, 0.15) is 0 Å². The third-order valence-corrected chi connectivity index (χ3v) is 4.11. The average Bonchev–Trinajstić information content (AvgIpc) is 2.53. The van der Waals surface area contributed by atoms with E-state index in [2.05, 4.69) is 9.97 Å². The van der Waals surface area contributed by atoms with Gasteiger partial charge in [0.25, 0.3) is 0 Å². The summed E-state index contributed by atoms with van der Waals surface area (Å²) >= 11 is 23.1. The van der Waals surface area contributed by atoms with E-state index < -0.39 is 12.6 Å². The maximum absolute atomic E-state index is 11.9. The SMILES string of the molecule is O=C(COC(=O)c1ncc(Cl)c(Cl)c1Cl)Cc1ccc(Cl)cn1. The molecule has 0 aliphatic carbocycles. The largest absolute Gasteiger partial charge is 0.453 e. The minimum Gasteiger partial charge on any atom is -0.453 e. The molecule has 0 aromatic carbocycles. The van der Waals surface area contributed by atoms with E-state index in [1.165, 1.54) is 12.4 Å². The van der Waals surface area contributed by atoms with Gasteiger partial charge < -0.3 is 4.74 Å². The van der Waals surface area contributed by atoms with Crippen LogP contribution in [0.5, 0.6) is 0 Å². The lowest BCUT2D eigenvalue weighted by Gasteiger charge is -2.06. The molecular formula is C14H8Cl4N2O3. The first-order valence-corrected chi connectivity index (χ1v) is 7.68. The van der Waals surface area contributed by atoms with Crippen molar-refractivity contribution in [3.05, 3.63) is 56.0 Å². The maximum atomic E-state index is 11.9. The standard InChI is InChI=1S/C14H8Cl4N2O3/c15-7-1-2-8(19-4-7)3-9(21)6-23-14(22)13-12(18)11(17)10(16)5-20-13/h1-2,4-5H,3,6H2. The Hall–Kier alpha value is -1.40. The molecule has 0 aliphatic rings. The van der Waals surface area contributed by atoms with E-state index in [0.29, 0.717) is 10.7 Å². The van der Waals surface area contributed by atoms with Crippen LogP contribution in [0.4, 0.5) is 0 Å². The number of ketones is 1. The van der Waals surface area contributed by atoms with Crippen LogP contribution >= 0.6 is 46.4 Å². The maximum Gasteiger partial charge on any atom is 0.358 e. The van der Waals surface area contributed by atoms with Crippen LogP contribution in [0.3, 0.4) is 0 Å². The molecular weight excluding hydrogens is 386 g/mol. The van der Waals surface area contributed by atoms with Crippen LogP contribution in [0.2, 0.25) is 20.1 Å². The normalized spacial score (nSPS) is 10.4. The predicted octanol–water partition coefficient (Wildman–Crippen LogP) is 4.06. The molecule has 2 rings (SSSR count). The molecule has 0 aliphatic heterocycles. The molecule has 23 heavy (non-hydrogen) atoms. The van der Waals surface area contributed by atoms with Crippen LogP contribution in [0.15, 0.2) is 24.5 Å². The first kappa shape index (κ1) is 17.9. The molecule has 0 radical (unpaired) electrons. The third kappa shape index (κ3) is 4.78. The van der Waals surface area contributed by atoms with Crippen molar-refractivity contribution < 1.29 is 14.3 Å². The highest BCUT2D eigenvalue weighted by Gasteiger charge is 2.19. The fourth-order valence-electron chi connectivity index (χ4n) is 1.56. The second-order valence-electron chi connectivity index (χ2n) is 4.34. The van der Waals surface area contributed by atoms with Crippen molar-refractivity contribution >= 4 is 58.2 Å². The number of Topliss-reactive ketones (excluding diaryl/α,β-unsaturated/α-hetero) is 1. The zero-order valence-electron chi connectivity index (χ0n) is 11.4. The quantitative estimate of drug-likeness (QED) is 0.716. The Kier molecular flexibility index (Phi) is 6.18. The number of esters is 1. The van der Waals surface area contributed by atoms with Gasteiger partial charge in [0.05, 0.1) is 26.5 Å². The Balaban J connectivity index is 1.95. The lowest BCUT2D eigenvalue weighted by Crippen LogP contribution is -2.17. The van der Waals surface area contributed by atoms with Gasteiger partial charge in [-0.15, -0.1) is 0 Å². The second-order valence-corrected chi connectivity index (χ2v) is 5.94. The van der Waals surface area contributed by atoms with Gasteiger partial charge in [0, 0.05) is 18.1 Å². The molecule has 2 aromatic rings. The lowest BCUT2D eigenvalue weighted by molar-refractivity contribution is -0.121. The topological polar surface area (TPSA) is 69.2 Å². The van der Waals surface area contributed by atoms with E-state index in [1.54, 1.807) is 12.1 Å². The molecule has 5 nitrogen and oxygen atoms in total. The number of carbonyl (C=O) groups excluding carboxylic acids is 2. The summed E-state index contributed by atoms with van der Waals surface area (Å²) < 4.78 is 4.87. The lowest BCUT2D eigenvalue weighted by atomic mass is 10.2. The van der Waals surface area contributed by atoms with Crippen LogP contribution in [0.25, 0.3) is 0 Å². The summed E-state index contributed by atoms with van der Waals surface area (Å²) in [4.78, 5) is 31.4. The summed E-state index contributed by atoms with van der Waals surface area (Å²) in [6, 6.07) is 3.22. The number of aromatic nitrogens is 2. The van der Waals surface area contributed by atoms with E-state index in [-0.39, 0.29) is 33.0 Å². The van der Waals surface area contributed by atoms with Crippen LogP contribution < -0.4 is 0 Å². The monoisotopic (exact) mass is 392 g/mol. The van der Waals surface area contributed by atoms with Crippen molar-refractivity contribution in [2.45, 2.75) is 6.42 Å². The molecule has 2 aromatic heterocycles. The van der Waals surface area contributed by atoms with Crippen LogP contribution in [-0.2, 0) is 16.0 Å². The van der Waals surface area contributed by atoms with Gasteiger partial charge in [-0.2, -0.15) is 0 Å². The molecule has 0 N–H and O–H groups in total. The van der Waals surface area contributed by atoms with Crippen molar-refractivity contribution in [2.24, 2.45) is 0 Å². The van der Waals surface area contributed by atoms with E-state index >= 15 is 0 Å². The van der Waals surface area contributed by atoms with E-state index in [1.807, 2.05) is 0 Å². The van der Waals surface area contributed by atoms with E-state index in [0.717, 1.165) is 0 Å². The molecule has 0 bridgehead atoms. The molecule has 9 heteroatoms. The number of rotatable bonds is 5. The smallest absolute Gasteiger partial charge is 0.358 e. The van der Waals surface area contributed by atoms with Gasteiger partial charge in [-0.1, -0.05) is 46.4 Å². The highest BCUT2D eigenvalue weighted by atomic mass is 35.5. The summed E-state index contributed by atoms with van der Waals surface area (Å²) in [5.41, 5.74) is 0.305. The first-order chi connectivity index (χ1) is 10.9. The third-order valence-electron chi connectivity index (χ3n) is 2.64. The van der Waals surface area contributed by atoms with Gasteiger partial charge in [-0.05, 0) is 12.1 Å². The van der Waals surface area contributed by atoms with Crippen molar-refractivity contribution in [3.8, 4) is 0 Å². The van der Waals surface area contributed by atoms with Gasteiger partial charge in [0.2, 0.25) is 0 Å². The summed E-state index contributed by atoms with van der Waals surface area (Å²) in [7, 11) is 0. The number of nitrogens with zero attached hydrogens (tertiary/aromatic N) is 2. The molecule has 0 amide bonds. The minimum absolute atomic E-state index is 0.00693. The highest BCUT2D eigenvalue weighted by molar-refractivity contribution is 6.48. The molecule has 0 fully saturated rings. The Morgan fingerprint density at radius 2 is 1.74 bits per heavy atom. The highest BCUT2D eigenvalue weighted by Crippen LogP contribution is 2.31. The van der Waals surface area contributed by atoms with E-state index in [4.69, 9.17) is 51.1 Å². The van der Waals surface area contributed by atoms with Crippen LogP contribution in [0, 0.1) is 0 Å². The van der Waals surface area contributed by atoms with Gasteiger partial charge in [-0.3, -0.25) is 9.78 Å². The fourth-order valence-corrected chi connectivity index (χ4v) is 2.23. The molecule has 0 unspecified atom stereocenters. The van der Waals surface area contributed by atoms with E-state index in [9.17, 15) is 9.59 Å². The van der Waals surface area contributed by atoms with Gasteiger partial charge in [0.15, 0.2) is 18.1 Å². The Morgan fingerprint density at radius 3 is 2.39 bits per heavy atom. The van der Waals surface area contributed by atoms with Crippen LogP contribution in [-0.4, -0.2) is 28.3 Å². The Labute approximate surface area is 151 Å². The molecule has 0 spiro atoms. The molecule has 0 saturated carbocycles. The first-order valence-electron chi connectivity index (χ1n) is 6.17. The Bertz CT molecular complexity index is 750. The molecule has 120 valence electrons. The molecule has 2 heterocycles. The zero-order chi connectivity index (χ0) is 17.0. The summed E-state index contributed by atoms with van der Waals surface area (Å²) in [5, 5.41) is 0.439. The number of pyridine rings is 2. The number of hydrogen-bond acceptors (Lipinski definition) is 5. The molecule has 0 atom stereocenters. The summed E-state index contributed by atoms with van der Waals surface area (Å²) in [6.45, 7) is -0.443. The minimum atomic E-state index is -0.869. The van der Waals surface area contributed by atoms with Crippen molar-refractivity contribution in [2.75, 3.05) is 6.61 Å². The Morgan fingerprint density at radius 1 is 1.00 bits per heavy atom. The van der Waals surface area contributed by atoms with Gasteiger partial charge >= 0.3 is 5.97 Å². The van der Waals surface area contributed by atoms with Crippen LogP contribution in [0.1, 0.15) is 16.2 Å². The van der Waals surface area contributed by atoms with Gasteiger partial charge in [-0.25, -0.2) is 9.78 Å². The number of ether oxygens (including phenoxy) is 1. The summed E-state index contributed by atoms with van der Waals surface area (Å²) in [5.74, 6) is -1.21. The number of hydrogen-bond donors (Lipinski definition) is 0. The number of carbonyl (C=O) groups is 2. The molecule has 0 saturated heterocycles. The zero-order valence-corrected chi connectivity index (χ0v) is 14.4. The predicted molar refractivity (Wildman–Crippen MR) is 87.5 cm³/mol. The van der Waals surface area contributed by atoms with Crippen molar-refractivity contribution in [3.63, 3.8) is 0 Å². The fraction of sp³-hybridized carbons (Fsp3) is 0.143. The number of halogens is 4. The van der Waals surface area contributed by atoms with Crippen molar-refractivity contribution in [1.29, 1.82) is 0 Å². The second kappa shape index (κ2) is 7.93.